The van der Waals surface area contributed by atoms with Crippen molar-refractivity contribution in [2.24, 2.45) is 0 Å². The average molecular weight is 602 g/mol. The van der Waals surface area contributed by atoms with E-state index in [1.165, 1.54) is 37.3 Å². The summed E-state index contributed by atoms with van der Waals surface area (Å²) in [6, 6.07) is 23.4. The highest BCUT2D eigenvalue weighted by Gasteiger charge is 2.40. The number of ether oxygens (including phenoxy) is 1. The maximum absolute atomic E-state index is 13.3. The molecule has 4 aromatic rings. The quantitative estimate of drug-likeness (QED) is 0.185. The number of rotatable bonds is 9. The maximum Gasteiger partial charge on any atom is 0.272 e. The Labute approximate surface area is 250 Å². The van der Waals surface area contributed by atoms with Crippen LogP contribution in [0, 0.1) is 0 Å². The molecule has 0 radical (unpaired) electrons. The van der Waals surface area contributed by atoms with Gasteiger partial charge in [0.2, 0.25) is 11.8 Å². The van der Waals surface area contributed by atoms with Gasteiger partial charge in [-0.05, 0) is 60.7 Å². The highest BCUT2D eigenvalue weighted by molar-refractivity contribution is 8.00. The molecule has 2 heterocycles. The summed E-state index contributed by atoms with van der Waals surface area (Å²) in [6.07, 6.45) is 2.89. The van der Waals surface area contributed by atoms with Gasteiger partial charge in [-0.2, -0.15) is 0 Å². The summed E-state index contributed by atoms with van der Waals surface area (Å²) >= 11 is 7.42. The minimum atomic E-state index is -0.663. The van der Waals surface area contributed by atoms with Gasteiger partial charge < -0.3 is 19.8 Å². The third kappa shape index (κ3) is 6.56. The second kappa shape index (κ2) is 12.8. The van der Waals surface area contributed by atoms with Crippen LogP contribution in [0.3, 0.4) is 0 Å². The first-order valence-electron chi connectivity index (χ1n) is 12.7. The minimum Gasteiger partial charge on any atom is -0.495 e. The molecule has 1 fully saturated rings. The van der Waals surface area contributed by atoms with Gasteiger partial charge in [-0.15, -0.1) is 11.8 Å². The molecule has 1 aliphatic heterocycles. The Morgan fingerprint density at radius 1 is 1.02 bits per heavy atom. The molecule has 0 saturated carbocycles. The van der Waals surface area contributed by atoms with Gasteiger partial charge in [-0.3, -0.25) is 19.2 Å². The van der Waals surface area contributed by atoms with E-state index in [4.69, 9.17) is 20.8 Å². The van der Waals surface area contributed by atoms with Crippen LogP contribution in [0.1, 0.15) is 22.5 Å². The first-order chi connectivity index (χ1) is 20.3. The molecule has 9 nitrogen and oxygen atoms in total. The number of benzene rings is 3. The van der Waals surface area contributed by atoms with Crippen LogP contribution in [0.5, 0.6) is 5.75 Å². The Morgan fingerprint density at radius 2 is 1.83 bits per heavy atom. The third-order valence-corrected chi connectivity index (χ3v) is 7.70. The lowest BCUT2D eigenvalue weighted by Crippen LogP contribution is -2.31. The molecule has 212 valence electrons. The monoisotopic (exact) mass is 601 g/mol. The number of methoxy groups -OCH3 is 1. The zero-order valence-corrected chi connectivity index (χ0v) is 23.8. The minimum absolute atomic E-state index is 0.00524. The van der Waals surface area contributed by atoms with Crippen LogP contribution in [0.4, 0.5) is 11.4 Å². The predicted octanol–water partition coefficient (Wildman–Crippen LogP) is 5.78. The Balaban J connectivity index is 1.30. The fourth-order valence-electron chi connectivity index (χ4n) is 4.23. The lowest BCUT2D eigenvalue weighted by atomic mass is 10.2. The van der Waals surface area contributed by atoms with Gasteiger partial charge in [0.1, 0.15) is 17.2 Å². The van der Waals surface area contributed by atoms with E-state index in [0.29, 0.717) is 33.3 Å². The number of thioether (sulfide) groups is 1. The number of nitrogens with zero attached hydrogens (tertiary/aromatic N) is 1. The molecule has 5 rings (SSSR count). The van der Waals surface area contributed by atoms with Crippen LogP contribution in [0.25, 0.3) is 6.08 Å². The van der Waals surface area contributed by atoms with Crippen molar-refractivity contribution in [2.45, 2.75) is 16.6 Å². The molecule has 1 atom stereocenters. The van der Waals surface area contributed by atoms with E-state index in [1.54, 1.807) is 78.9 Å². The van der Waals surface area contributed by atoms with Gasteiger partial charge in [-0.25, -0.2) is 4.90 Å². The highest BCUT2D eigenvalue weighted by atomic mass is 35.5. The lowest BCUT2D eigenvalue weighted by molar-refractivity contribution is -0.121. The maximum atomic E-state index is 13.3. The van der Waals surface area contributed by atoms with Gasteiger partial charge in [0.25, 0.3) is 11.8 Å². The van der Waals surface area contributed by atoms with Crippen LogP contribution >= 0.6 is 23.4 Å². The van der Waals surface area contributed by atoms with E-state index < -0.39 is 17.1 Å². The molecule has 1 aromatic heterocycles. The first-order valence-corrected chi connectivity index (χ1v) is 14.0. The van der Waals surface area contributed by atoms with Crippen molar-refractivity contribution in [1.82, 2.24) is 5.32 Å². The number of carbonyl (C=O) groups excluding carboxylic acids is 4. The summed E-state index contributed by atoms with van der Waals surface area (Å²) in [7, 11) is 1.48. The molecule has 11 heteroatoms. The predicted molar refractivity (Wildman–Crippen MR) is 160 cm³/mol. The zero-order valence-electron chi connectivity index (χ0n) is 22.2. The van der Waals surface area contributed by atoms with Crippen molar-refractivity contribution in [1.29, 1.82) is 0 Å². The SMILES string of the molecule is COc1ccc(N2C(=O)C[C@@H](Sc3cccc(NC(=O)/C(=C/c4ccco4)NC(=O)c4ccccc4)c3)C2=O)cc1Cl. The van der Waals surface area contributed by atoms with Crippen LogP contribution < -0.4 is 20.3 Å². The second-order valence-electron chi connectivity index (χ2n) is 9.07. The highest BCUT2D eigenvalue weighted by Crippen LogP contribution is 2.37. The van der Waals surface area contributed by atoms with E-state index in [9.17, 15) is 19.2 Å². The summed E-state index contributed by atoms with van der Waals surface area (Å²) in [4.78, 5) is 53.8. The number of nitrogens with one attached hydrogen (secondary N) is 2. The van der Waals surface area contributed by atoms with Crippen LogP contribution in [-0.2, 0) is 14.4 Å². The Kier molecular flexibility index (Phi) is 8.75. The molecule has 0 aliphatic carbocycles. The van der Waals surface area contributed by atoms with Crippen LogP contribution in [0.2, 0.25) is 5.02 Å². The van der Waals surface area contributed by atoms with Crippen molar-refractivity contribution >= 4 is 64.4 Å². The molecular weight excluding hydrogens is 578 g/mol. The smallest absolute Gasteiger partial charge is 0.272 e. The molecule has 42 heavy (non-hydrogen) atoms. The number of amides is 4. The number of hydrogen-bond donors (Lipinski definition) is 2. The van der Waals surface area contributed by atoms with E-state index in [2.05, 4.69) is 10.6 Å². The summed E-state index contributed by atoms with van der Waals surface area (Å²) in [6.45, 7) is 0. The van der Waals surface area contributed by atoms with E-state index in [0.717, 1.165) is 4.90 Å². The molecule has 0 bridgehead atoms. The summed E-state index contributed by atoms with van der Waals surface area (Å²) in [5.41, 5.74) is 1.16. The van der Waals surface area contributed by atoms with Crippen molar-refractivity contribution in [3.8, 4) is 5.75 Å². The topological polar surface area (TPSA) is 118 Å². The summed E-state index contributed by atoms with van der Waals surface area (Å²) in [5.74, 6) is -0.929. The third-order valence-electron chi connectivity index (χ3n) is 6.23. The molecule has 4 amide bonds. The first kappa shape index (κ1) is 28.7. The molecular formula is C31H24ClN3O6S. The van der Waals surface area contributed by atoms with Gasteiger partial charge in [0.15, 0.2) is 0 Å². The molecule has 1 aliphatic rings. The fourth-order valence-corrected chi connectivity index (χ4v) is 5.59. The second-order valence-corrected chi connectivity index (χ2v) is 10.8. The van der Waals surface area contributed by atoms with Gasteiger partial charge >= 0.3 is 0 Å². The zero-order chi connectivity index (χ0) is 29.6. The number of halogens is 1. The molecule has 0 unspecified atom stereocenters. The molecule has 2 N–H and O–H groups in total. The molecule has 1 saturated heterocycles. The fraction of sp³-hybridized carbons (Fsp3) is 0.0968. The number of hydrogen-bond acceptors (Lipinski definition) is 7. The normalized spacial score (nSPS) is 15.0. The molecule has 0 spiro atoms. The van der Waals surface area contributed by atoms with Gasteiger partial charge in [0, 0.05) is 28.6 Å². The van der Waals surface area contributed by atoms with Crippen molar-refractivity contribution in [2.75, 3.05) is 17.3 Å². The summed E-state index contributed by atoms with van der Waals surface area (Å²) < 4.78 is 10.5. The number of anilines is 2. The number of furan rings is 1. The number of imide groups is 1. The Morgan fingerprint density at radius 3 is 2.55 bits per heavy atom. The van der Waals surface area contributed by atoms with Crippen molar-refractivity contribution in [3.05, 3.63) is 113 Å². The van der Waals surface area contributed by atoms with Crippen LogP contribution in [0.15, 0.2) is 106 Å². The van der Waals surface area contributed by atoms with Gasteiger partial charge in [-0.1, -0.05) is 35.9 Å². The average Bonchev–Trinajstić information content (AvgIpc) is 3.60. The molecule has 3 aromatic carbocycles. The van der Waals surface area contributed by atoms with Crippen molar-refractivity contribution in [3.63, 3.8) is 0 Å². The Bertz CT molecular complexity index is 1670. The lowest BCUT2D eigenvalue weighted by Gasteiger charge is -2.16. The van der Waals surface area contributed by atoms with E-state index in [1.807, 2.05) is 0 Å². The van der Waals surface area contributed by atoms with Crippen LogP contribution in [-0.4, -0.2) is 36.0 Å². The van der Waals surface area contributed by atoms with E-state index >= 15 is 0 Å². The number of carbonyl (C=O) groups is 4. The summed E-state index contributed by atoms with van der Waals surface area (Å²) in [5, 5.41) is 5.05. The Hall–Kier alpha value is -4.80. The van der Waals surface area contributed by atoms with E-state index in [-0.39, 0.29) is 29.0 Å². The van der Waals surface area contributed by atoms with Gasteiger partial charge in [0.05, 0.1) is 29.3 Å². The standard InChI is InChI=1S/C31H24ClN3O6S/c1-40-26-13-12-21(16-24(26)32)35-28(36)18-27(31(35)39)42-23-11-5-9-20(15-23)33-30(38)25(17-22-10-6-14-41-22)34-29(37)19-7-3-2-4-8-19/h2-17,27H,18H2,1H3,(H,33,38)(H,34,37)/b25-17-/t27-/m1/s1. The van der Waals surface area contributed by atoms with Crippen molar-refractivity contribution < 1.29 is 28.3 Å². The largest absolute Gasteiger partial charge is 0.495 e.